The van der Waals surface area contributed by atoms with Gasteiger partial charge in [-0.2, -0.15) is 9.97 Å². The lowest BCUT2D eigenvalue weighted by atomic mass is 10.0. The van der Waals surface area contributed by atoms with E-state index in [9.17, 15) is 0 Å². The Bertz CT molecular complexity index is 402. The minimum atomic E-state index is -0.0192. The van der Waals surface area contributed by atoms with Gasteiger partial charge >= 0.3 is 12.0 Å². The monoisotopic (exact) mass is 301 g/mol. The van der Waals surface area contributed by atoms with E-state index < -0.39 is 0 Å². The van der Waals surface area contributed by atoms with Crippen LogP contribution in [0.5, 0.6) is 12.0 Å². The summed E-state index contributed by atoms with van der Waals surface area (Å²) in [6, 6.07) is 0.437. The molecule has 0 aromatic carbocycles. The van der Waals surface area contributed by atoms with Gasteiger partial charge in [0, 0.05) is 0 Å². The molecule has 0 aliphatic rings. The molecule has 1 heterocycles. The summed E-state index contributed by atoms with van der Waals surface area (Å²) in [6.07, 6.45) is 4.62. The van der Waals surface area contributed by atoms with Crippen molar-refractivity contribution in [2.45, 2.75) is 59.5 Å². The molecule has 0 fully saturated rings. The molecule has 0 amide bonds. The molecule has 114 valence electrons. The molecule has 20 heavy (non-hydrogen) atoms. The Morgan fingerprint density at radius 3 is 2.40 bits per heavy atom. The van der Waals surface area contributed by atoms with Gasteiger partial charge in [0.15, 0.2) is 0 Å². The average molecular weight is 302 g/mol. The quantitative estimate of drug-likeness (QED) is 0.692. The van der Waals surface area contributed by atoms with Crippen LogP contribution in [0.2, 0.25) is 5.28 Å². The van der Waals surface area contributed by atoms with Gasteiger partial charge in [-0.25, -0.2) is 0 Å². The molecule has 0 bridgehead atoms. The van der Waals surface area contributed by atoms with E-state index in [1.54, 1.807) is 0 Å². The molecule has 1 aromatic rings. The molecule has 1 atom stereocenters. The first-order chi connectivity index (χ1) is 9.55. The lowest BCUT2D eigenvalue weighted by Gasteiger charge is -2.15. The standard InChI is InChI=1S/C14H24ClN3O2/c1-5-7-8-11(6-2)9-19-13-16-12(15)17-14(18-13)20-10(3)4/h10-11H,5-9H2,1-4H3. The van der Waals surface area contributed by atoms with Crippen LogP contribution in [0.3, 0.4) is 0 Å². The van der Waals surface area contributed by atoms with Crippen molar-refractivity contribution >= 4 is 11.6 Å². The Morgan fingerprint density at radius 1 is 1.10 bits per heavy atom. The van der Waals surface area contributed by atoms with Gasteiger partial charge in [0.1, 0.15) is 0 Å². The molecule has 0 saturated carbocycles. The number of ether oxygens (including phenoxy) is 2. The third-order valence-electron chi connectivity index (χ3n) is 2.90. The smallest absolute Gasteiger partial charge is 0.324 e. The van der Waals surface area contributed by atoms with E-state index >= 15 is 0 Å². The summed E-state index contributed by atoms with van der Waals surface area (Å²) in [6.45, 7) is 8.75. The molecule has 0 N–H and O–H groups in total. The van der Waals surface area contributed by atoms with E-state index in [2.05, 4.69) is 28.8 Å². The number of hydrogen-bond donors (Lipinski definition) is 0. The van der Waals surface area contributed by atoms with Gasteiger partial charge in [0.2, 0.25) is 5.28 Å². The van der Waals surface area contributed by atoms with Gasteiger partial charge < -0.3 is 9.47 Å². The Kier molecular flexibility index (Phi) is 7.59. The highest BCUT2D eigenvalue weighted by atomic mass is 35.5. The fourth-order valence-corrected chi connectivity index (χ4v) is 1.88. The second-order valence-electron chi connectivity index (χ2n) is 5.06. The van der Waals surface area contributed by atoms with Crippen LogP contribution in [0, 0.1) is 5.92 Å². The molecule has 0 aliphatic heterocycles. The van der Waals surface area contributed by atoms with Crippen LogP contribution in [-0.4, -0.2) is 27.7 Å². The number of unbranched alkanes of at least 4 members (excludes halogenated alkanes) is 1. The van der Waals surface area contributed by atoms with Gasteiger partial charge in [-0.1, -0.05) is 33.1 Å². The normalized spacial score (nSPS) is 12.5. The van der Waals surface area contributed by atoms with Crippen LogP contribution in [0.25, 0.3) is 0 Å². The molecule has 0 radical (unpaired) electrons. The van der Waals surface area contributed by atoms with Crippen molar-refractivity contribution in [3.05, 3.63) is 5.28 Å². The van der Waals surface area contributed by atoms with Crippen molar-refractivity contribution in [1.29, 1.82) is 0 Å². The lowest BCUT2D eigenvalue weighted by molar-refractivity contribution is 0.196. The maximum absolute atomic E-state index is 5.84. The van der Waals surface area contributed by atoms with Gasteiger partial charge in [0.05, 0.1) is 12.7 Å². The van der Waals surface area contributed by atoms with E-state index in [0.717, 1.165) is 12.8 Å². The largest absolute Gasteiger partial charge is 0.463 e. The molecule has 0 aliphatic carbocycles. The number of nitrogens with zero attached hydrogens (tertiary/aromatic N) is 3. The van der Waals surface area contributed by atoms with E-state index in [1.807, 2.05) is 13.8 Å². The third kappa shape index (κ3) is 6.37. The minimum absolute atomic E-state index is 0.0192. The van der Waals surface area contributed by atoms with Crippen LogP contribution in [0.4, 0.5) is 0 Å². The van der Waals surface area contributed by atoms with E-state index in [4.69, 9.17) is 21.1 Å². The summed E-state index contributed by atoms with van der Waals surface area (Å²) in [5.74, 6) is 0.514. The predicted molar refractivity (Wildman–Crippen MR) is 79.4 cm³/mol. The van der Waals surface area contributed by atoms with Crippen LogP contribution < -0.4 is 9.47 Å². The first-order valence-electron chi connectivity index (χ1n) is 7.26. The van der Waals surface area contributed by atoms with E-state index in [1.165, 1.54) is 12.8 Å². The Balaban J connectivity index is 2.59. The summed E-state index contributed by atoms with van der Waals surface area (Å²) in [4.78, 5) is 12.0. The SMILES string of the molecule is CCCCC(CC)COc1nc(Cl)nc(OC(C)C)n1. The molecule has 1 unspecified atom stereocenters. The van der Waals surface area contributed by atoms with Crippen molar-refractivity contribution in [1.82, 2.24) is 15.0 Å². The van der Waals surface area contributed by atoms with Crippen molar-refractivity contribution in [2.75, 3.05) is 6.61 Å². The maximum atomic E-state index is 5.84. The summed E-state index contributed by atoms with van der Waals surface area (Å²) in [7, 11) is 0. The summed E-state index contributed by atoms with van der Waals surface area (Å²) < 4.78 is 11.0. The zero-order chi connectivity index (χ0) is 15.0. The van der Waals surface area contributed by atoms with Crippen LogP contribution >= 0.6 is 11.6 Å². The van der Waals surface area contributed by atoms with Gasteiger partial charge in [-0.15, -0.1) is 4.98 Å². The van der Waals surface area contributed by atoms with Gasteiger partial charge in [0.25, 0.3) is 0 Å². The third-order valence-corrected chi connectivity index (χ3v) is 3.07. The van der Waals surface area contributed by atoms with Crippen LogP contribution in [-0.2, 0) is 0 Å². The topological polar surface area (TPSA) is 57.1 Å². The van der Waals surface area contributed by atoms with Crippen LogP contribution in [0.15, 0.2) is 0 Å². The van der Waals surface area contributed by atoms with Crippen molar-refractivity contribution in [2.24, 2.45) is 5.92 Å². The molecular formula is C14H24ClN3O2. The van der Waals surface area contributed by atoms with Crippen LogP contribution in [0.1, 0.15) is 53.4 Å². The molecule has 0 saturated heterocycles. The first-order valence-corrected chi connectivity index (χ1v) is 7.63. The first kappa shape index (κ1) is 17.0. The zero-order valence-electron chi connectivity index (χ0n) is 12.7. The molecule has 6 heteroatoms. The number of hydrogen-bond acceptors (Lipinski definition) is 5. The number of rotatable bonds is 9. The summed E-state index contributed by atoms with van der Waals surface area (Å²) in [5.41, 5.74) is 0. The lowest BCUT2D eigenvalue weighted by Crippen LogP contribution is -2.14. The number of halogens is 1. The highest BCUT2D eigenvalue weighted by molar-refractivity contribution is 6.28. The molecule has 5 nitrogen and oxygen atoms in total. The molecule has 1 aromatic heterocycles. The van der Waals surface area contributed by atoms with Gasteiger partial charge in [-0.05, 0) is 37.8 Å². The zero-order valence-corrected chi connectivity index (χ0v) is 13.5. The highest BCUT2D eigenvalue weighted by Gasteiger charge is 2.12. The van der Waals surface area contributed by atoms with Gasteiger partial charge in [-0.3, -0.25) is 0 Å². The second kappa shape index (κ2) is 8.95. The molecule has 1 rings (SSSR count). The number of aromatic nitrogens is 3. The second-order valence-corrected chi connectivity index (χ2v) is 5.40. The molecular weight excluding hydrogens is 278 g/mol. The fourth-order valence-electron chi connectivity index (χ4n) is 1.73. The van der Waals surface area contributed by atoms with Crippen molar-refractivity contribution in [3.8, 4) is 12.0 Å². The Labute approximate surface area is 126 Å². The molecule has 0 spiro atoms. The van der Waals surface area contributed by atoms with E-state index in [0.29, 0.717) is 12.5 Å². The summed E-state index contributed by atoms with van der Waals surface area (Å²) >= 11 is 5.84. The average Bonchev–Trinajstić information content (AvgIpc) is 2.37. The van der Waals surface area contributed by atoms with Crippen molar-refractivity contribution < 1.29 is 9.47 Å². The highest BCUT2D eigenvalue weighted by Crippen LogP contribution is 2.17. The fraction of sp³-hybridized carbons (Fsp3) is 0.786. The summed E-state index contributed by atoms with van der Waals surface area (Å²) in [5, 5.41) is 0.0901. The predicted octanol–water partition coefficient (Wildman–Crippen LogP) is 3.91. The van der Waals surface area contributed by atoms with E-state index in [-0.39, 0.29) is 23.4 Å². The Hall–Kier alpha value is -1.10. The Morgan fingerprint density at radius 2 is 1.80 bits per heavy atom. The minimum Gasteiger partial charge on any atom is -0.463 e. The van der Waals surface area contributed by atoms with Crippen molar-refractivity contribution in [3.63, 3.8) is 0 Å². The maximum Gasteiger partial charge on any atom is 0.324 e.